The minimum atomic E-state index is -0.302. The standard InChI is InChI=1S/C23H22FN5O/c1-15-5-10-19(16(2)14-15)28-23(30)26-12-13-29-21(17-6-8-18(24)9-7-17)27-20-4-3-11-25-22(20)29/h3-11,14H,12-13H2,1-2H3,(H2,26,28,30). The summed E-state index contributed by atoms with van der Waals surface area (Å²) in [4.78, 5) is 21.4. The van der Waals surface area contributed by atoms with Gasteiger partial charge in [-0.2, -0.15) is 0 Å². The van der Waals surface area contributed by atoms with Crippen LogP contribution in [0.3, 0.4) is 0 Å². The lowest BCUT2D eigenvalue weighted by atomic mass is 10.1. The highest BCUT2D eigenvalue weighted by molar-refractivity contribution is 5.90. The second-order valence-electron chi connectivity index (χ2n) is 7.14. The van der Waals surface area contributed by atoms with Crippen LogP contribution in [0, 0.1) is 19.7 Å². The summed E-state index contributed by atoms with van der Waals surface area (Å²) >= 11 is 0. The zero-order chi connectivity index (χ0) is 21.1. The highest BCUT2D eigenvalue weighted by Gasteiger charge is 2.14. The van der Waals surface area contributed by atoms with Gasteiger partial charge in [-0.3, -0.25) is 0 Å². The van der Waals surface area contributed by atoms with Crippen molar-refractivity contribution in [3.8, 4) is 11.4 Å². The minimum Gasteiger partial charge on any atom is -0.336 e. The highest BCUT2D eigenvalue weighted by Crippen LogP contribution is 2.23. The van der Waals surface area contributed by atoms with E-state index in [0.29, 0.717) is 24.6 Å². The van der Waals surface area contributed by atoms with Crippen molar-refractivity contribution in [2.24, 2.45) is 0 Å². The van der Waals surface area contributed by atoms with Crippen molar-refractivity contribution in [1.29, 1.82) is 0 Å². The molecule has 0 spiro atoms. The monoisotopic (exact) mass is 403 g/mol. The van der Waals surface area contributed by atoms with Gasteiger partial charge < -0.3 is 15.2 Å². The molecule has 4 aromatic rings. The molecule has 0 fully saturated rings. The van der Waals surface area contributed by atoms with Crippen LogP contribution in [0.1, 0.15) is 11.1 Å². The number of urea groups is 1. The lowest BCUT2D eigenvalue weighted by Gasteiger charge is -2.12. The Bertz CT molecular complexity index is 1200. The van der Waals surface area contributed by atoms with Crippen LogP contribution in [-0.2, 0) is 6.54 Å². The molecule has 0 bridgehead atoms. The molecule has 0 aliphatic carbocycles. The van der Waals surface area contributed by atoms with Gasteiger partial charge in [0.1, 0.15) is 17.2 Å². The van der Waals surface area contributed by atoms with Gasteiger partial charge >= 0.3 is 6.03 Å². The van der Waals surface area contributed by atoms with Crippen LogP contribution >= 0.6 is 0 Å². The Kier molecular flexibility index (Phi) is 5.43. The summed E-state index contributed by atoms with van der Waals surface area (Å²) in [6.45, 7) is 4.83. The first-order chi connectivity index (χ1) is 14.5. The molecule has 2 N–H and O–H groups in total. The minimum absolute atomic E-state index is 0.275. The van der Waals surface area contributed by atoms with Gasteiger partial charge in [-0.05, 0) is 61.9 Å². The molecule has 2 heterocycles. The van der Waals surface area contributed by atoms with Gasteiger partial charge in [0.2, 0.25) is 0 Å². The summed E-state index contributed by atoms with van der Waals surface area (Å²) in [5.74, 6) is 0.379. The maximum absolute atomic E-state index is 13.3. The molecule has 0 saturated carbocycles. The average molecular weight is 403 g/mol. The predicted octanol–water partition coefficient (Wildman–Crippen LogP) is 4.68. The Hall–Kier alpha value is -3.74. The molecule has 0 atom stereocenters. The van der Waals surface area contributed by atoms with E-state index in [4.69, 9.17) is 0 Å². The number of carbonyl (C=O) groups excluding carboxylic acids is 1. The number of hydrogen-bond acceptors (Lipinski definition) is 3. The fourth-order valence-corrected chi connectivity index (χ4v) is 3.39. The van der Waals surface area contributed by atoms with Crippen LogP contribution in [0.5, 0.6) is 0 Å². The topological polar surface area (TPSA) is 71.8 Å². The molecular weight excluding hydrogens is 381 g/mol. The second-order valence-corrected chi connectivity index (χ2v) is 7.14. The summed E-state index contributed by atoms with van der Waals surface area (Å²) in [6.07, 6.45) is 1.70. The molecule has 0 radical (unpaired) electrons. The summed E-state index contributed by atoms with van der Waals surface area (Å²) in [5, 5.41) is 5.75. The number of nitrogens with one attached hydrogen (secondary N) is 2. The van der Waals surface area contributed by atoms with Gasteiger partial charge in [-0.25, -0.2) is 19.2 Å². The molecule has 4 rings (SSSR count). The Balaban J connectivity index is 1.50. The smallest absolute Gasteiger partial charge is 0.319 e. The Labute approximate surface area is 173 Å². The first-order valence-corrected chi connectivity index (χ1v) is 9.70. The van der Waals surface area contributed by atoms with E-state index in [2.05, 4.69) is 20.6 Å². The molecule has 2 aromatic carbocycles. The third-order valence-corrected chi connectivity index (χ3v) is 4.86. The lowest BCUT2D eigenvalue weighted by Crippen LogP contribution is -2.31. The van der Waals surface area contributed by atoms with Gasteiger partial charge in [0.05, 0.1) is 0 Å². The van der Waals surface area contributed by atoms with E-state index in [1.165, 1.54) is 12.1 Å². The van der Waals surface area contributed by atoms with Crippen molar-refractivity contribution in [2.75, 3.05) is 11.9 Å². The number of nitrogens with zero attached hydrogens (tertiary/aromatic N) is 3. The zero-order valence-electron chi connectivity index (χ0n) is 16.8. The first-order valence-electron chi connectivity index (χ1n) is 9.70. The fourth-order valence-electron chi connectivity index (χ4n) is 3.39. The summed E-state index contributed by atoms with van der Waals surface area (Å²) < 4.78 is 15.3. The molecular formula is C23H22FN5O. The van der Waals surface area contributed by atoms with Crippen molar-refractivity contribution in [2.45, 2.75) is 20.4 Å². The van der Waals surface area contributed by atoms with Gasteiger partial charge in [0.25, 0.3) is 0 Å². The second kappa shape index (κ2) is 8.32. The first kappa shape index (κ1) is 19.6. The van der Waals surface area contributed by atoms with E-state index >= 15 is 0 Å². The van der Waals surface area contributed by atoms with Crippen LogP contribution < -0.4 is 10.6 Å². The Morgan fingerprint density at radius 3 is 2.67 bits per heavy atom. The SMILES string of the molecule is Cc1ccc(NC(=O)NCCn2c(-c3ccc(F)cc3)nc3cccnc32)c(C)c1. The number of rotatable bonds is 5. The lowest BCUT2D eigenvalue weighted by molar-refractivity contribution is 0.251. The number of imidazole rings is 1. The number of halogens is 1. The molecule has 0 saturated heterocycles. The van der Waals surface area contributed by atoms with E-state index in [0.717, 1.165) is 27.9 Å². The number of hydrogen-bond donors (Lipinski definition) is 2. The van der Waals surface area contributed by atoms with Crippen LogP contribution in [-0.4, -0.2) is 27.1 Å². The molecule has 30 heavy (non-hydrogen) atoms. The third kappa shape index (κ3) is 4.15. The normalized spacial score (nSPS) is 10.9. The number of benzene rings is 2. The van der Waals surface area contributed by atoms with Gasteiger partial charge in [0.15, 0.2) is 5.65 Å². The quantitative estimate of drug-likeness (QED) is 0.508. The molecule has 6 nitrogen and oxygen atoms in total. The molecule has 7 heteroatoms. The van der Waals surface area contributed by atoms with E-state index in [1.807, 2.05) is 48.7 Å². The number of pyridine rings is 1. The van der Waals surface area contributed by atoms with Crippen LogP contribution in [0.25, 0.3) is 22.6 Å². The molecule has 0 aliphatic heterocycles. The molecule has 0 aliphatic rings. The maximum atomic E-state index is 13.3. The molecule has 2 amide bonds. The summed E-state index contributed by atoms with van der Waals surface area (Å²) in [5.41, 5.74) is 5.18. The number of aryl methyl sites for hydroxylation is 2. The number of aromatic nitrogens is 3. The average Bonchev–Trinajstić information content (AvgIpc) is 3.09. The number of anilines is 1. The largest absolute Gasteiger partial charge is 0.336 e. The van der Waals surface area contributed by atoms with Crippen LogP contribution in [0.4, 0.5) is 14.9 Å². The Morgan fingerprint density at radius 2 is 1.90 bits per heavy atom. The van der Waals surface area contributed by atoms with Crippen molar-refractivity contribution in [3.05, 3.63) is 77.7 Å². The summed E-state index contributed by atoms with van der Waals surface area (Å²) in [7, 11) is 0. The summed E-state index contributed by atoms with van der Waals surface area (Å²) in [6, 6.07) is 15.5. The number of amides is 2. The number of carbonyl (C=O) groups is 1. The fraction of sp³-hybridized carbons (Fsp3) is 0.174. The third-order valence-electron chi connectivity index (χ3n) is 4.86. The maximum Gasteiger partial charge on any atom is 0.319 e. The number of fused-ring (bicyclic) bond motifs is 1. The van der Waals surface area contributed by atoms with Gasteiger partial charge in [-0.1, -0.05) is 17.7 Å². The van der Waals surface area contributed by atoms with E-state index in [9.17, 15) is 9.18 Å². The Morgan fingerprint density at radius 1 is 1.10 bits per heavy atom. The van der Waals surface area contributed by atoms with E-state index < -0.39 is 0 Å². The predicted molar refractivity (Wildman–Crippen MR) is 116 cm³/mol. The van der Waals surface area contributed by atoms with Crippen molar-refractivity contribution >= 4 is 22.9 Å². The zero-order valence-corrected chi connectivity index (χ0v) is 16.8. The molecule has 0 unspecified atom stereocenters. The van der Waals surface area contributed by atoms with Gasteiger partial charge in [0, 0.05) is 30.5 Å². The highest BCUT2D eigenvalue weighted by atomic mass is 19.1. The van der Waals surface area contributed by atoms with Gasteiger partial charge in [-0.15, -0.1) is 0 Å². The molecule has 152 valence electrons. The van der Waals surface area contributed by atoms with Crippen molar-refractivity contribution in [3.63, 3.8) is 0 Å². The van der Waals surface area contributed by atoms with Crippen LogP contribution in [0.15, 0.2) is 60.8 Å². The molecule has 2 aromatic heterocycles. The van der Waals surface area contributed by atoms with E-state index in [-0.39, 0.29) is 11.8 Å². The van der Waals surface area contributed by atoms with Crippen LogP contribution in [0.2, 0.25) is 0 Å². The van der Waals surface area contributed by atoms with Crippen molar-refractivity contribution in [1.82, 2.24) is 19.9 Å². The van der Waals surface area contributed by atoms with E-state index in [1.54, 1.807) is 18.3 Å². The van der Waals surface area contributed by atoms with Crippen molar-refractivity contribution < 1.29 is 9.18 Å².